The van der Waals surface area contributed by atoms with E-state index in [9.17, 15) is 0 Å². The van der Waals surface area contributed by atoms with Gasteiger partial charge in [0.05, 0.1) is 6.61 Å². The Labute approximate surface area is 69.0 Å². The second-order valence-electron chi connectivity index (χ2n) is 3.65. The molecule has 2 nitrogen and oxygen atoms in total. The Morgan fingerprint density at radius 1 is 1.55 bits per heavy atom. The molecule has 0 spiro atoms. The molecule has 2 N–H and O–H groups in total. The van der Waals surface area contributed by atoms with Crippen molar-refractivity contribution in [3.63, 3.8) is 0 Å². The molecule has 66 valence electrons. The van der Waals surface area contributed by atoms with Crippen LogP contribution in [0, 0.1) is 5.41 Å². The molecule has 0 aromatic carbocycles. The fraction of sp³-hybridized carbons (Fsp3) is 1.00. The lowest BCUT2D eigenvalue weighted by atomic mass is 9.94. The SMILES string of the molecule is CCCC(NC)C1(CO)CC1. The zero-order valence-electron chi connectivity index (χ0n) is 7.56. The van der Waals surface area contributed by atoms with Crippen molar-refractivity contribution in [2.45, 2.75) is 38.6 Å². The zero-order valence-corrected chi connectivity index (χ0v) is 7.56. The molecule has 1 atom stereocenters. The average Bonchev–Trinajstić information content (AvgIpc) is 2.81. The van der Waals surface area contributed by atoms with Crippen molar-refractivity contribution in [3.05, 3.63) is 0 Å². The highest BCUT2D eigenvalue weighted by Gasteiger charge is 2.47. The molecule has 0 heterocycles. The van der Waals surface area contributed by atoms with E-state index in [0.29, 0.717) is 12.6 Å². The summed E-state index contributed by atoms with van der Waals surface area (Å²) < 4.78 is 0. The summed E-state index contributed by atoms with van der Waals surface area (Å²) in [5.74, 6) is 0. The smallest absolute Gasteiger partial charge is 0.0502 e. The highest BCUT2D eigenvalue weighted by molar-refractivity contribution is 5.01. The van der Waals surface area contributed by atoms with Gasteiger partial charge in [-0.15, -0.1) is 0 Å². The van der Waals surface area contributed by atoms with E-state index >= 15 is 0 Å². The molecule has 0 aromatic heterocycles. The van der Waals surface area contributed by atoms with Crippen LogP contribution in [0.4, 0.5) is 0 Å². The quantitative estimate of drug-likeness (QED) is 0.627. The summed E-state index contributed by atoms with van der Waals surface area (Å²) in [7, 11) is 2.00. The maximum absolute atomic E-state index is 9.14. The Kier molecular flexibility index (Phi) is 2.90. The molecule has 1 aliphatic rings. The van der Waals surface area contributed by atoms with Gasteiger partial charge < -0.3 is 10.4 Å². The topological polar surface area (TPSA) is 32.3 Å². The van der Waals surface area contributed by atoms with Crippen molar-refractivity contribution in [3.8, 4) is 0 Å². The molecule has 0 saturated heterocycles. The third-order valence-electron chi connectivity index (χ3n) is 2.87. The Hall–Kier alpha value is -0.0800. The van der Waals surface area contributed by atoms with Crippen LogP contribution in [0.3, 0.4) is 0 Å². The highest BCUT2D eigenvalue weighted by atomic mass is 16.3. The van der Waals surface area contributed by atoms with E-state index in [2.05, 4.69) is 12.2 Å². The van der Waals surface area contributed by atoms with Crippen molar-refractivity contribution < 1.29 is 5.11 Å². The van der Waals surface area contributed by atoms with Crippen LogP contribution in [0.1, 0.15) is 32.6 Å². The van der Waals surface area contributed by atoms with Gasteiger partial charge in [-0.3, -0.25) is 0 Å². The summed E-state index contributed by atoms with van der Waals surface area (Å²) in [6.07, 6.45) is 4.80. The number of hydrogen-bond acceptors (Lipinski definition) is 2. The molecular weight excluding hydrogens is 138 g/mol. The lowest BCUT2D eigenvalue weighted by molar-refractivity contribution is 0.170. The van der Waals surface area contributed by atoms with Crippen molar-refractivity contribution >= 4 is 0 Å². The number of aliphatic hydroxyl groups is 1. The minimum absolute atomic E-state index is 0.255. The van der Waals surface area contributed by atoms with Crippen LogP contribution in [0.15, 0.2) is 0 Å². The summed E-state index contributed by atoms with van der Waals surface area (Å²) in [5, 5.41) is 12.4. The van der Waals surface area contributed by atoms with Crippen LogP contribution >= 0.6 is 0 Å². The van der Waals surface area contributed by atoms with Crippen molar-refractivity contribution in [2.24, 2.45) is 5.41 Å². The van der Waals surface area contributed by atoms with Gasteiger partial charge in [0.2, 0.25) is 0 Å². The van der Waals surface area contributed by atoms with E-state index in [1.54, 1.807) is 0 Å². The van der Waals surface area contributed by atoms with Crippen LogP contribution in [0.5, 0.6) is 0 Å². The van der Waals surface area contributed by atoms with E-state index in [-0.39, 0.29) is 5.41 Å². The minimum atomic E-state index is 0.255. The third kappa shape index (κ3) is 1.74. The van der Waals surface area contributed by atoms with Crippen LogP contribution in [0.25, 0.3) is 0 Å². The first-order valence-corrected chi connectivity index (χ1v) is 4.57. The Morgan fingerprint density at radius 3 is 2.45 bits per heavy atom. The van der Waals surface area contributed by atoms with E-state index in [4.69, 9.17) is 5.11 Å². The van der Waals surface area contributed by atoms with Gasteiger partial charge >= 0.3 is 0 Å². The second-order valence-corrected chi connectivity index (χ2v) is 3.65. The summed E-state index contributed by atoms with van der Waals surface area (Å²) in [6.45, 7) is 2.55. The molecule has 1 unspecified atom stereocenters. The van der Waals surface area contributed by atoms with Crippen molar-refractivity contribution in [1.29, 1.82) is 0 Å². The van der Waals surface area contributed by atoms with E-state index in [1.807, 2.05) is 7.05 Å². The predicted molar refractivity (Wildman–Crippen MR) is 46.5 cm³/mol. The first kappa shape index (κ1) is 9.01. The number of hydrogen-bond donors (Lipinski definition) is 2. The molecule has 1 aliphatic carbocycles. The molecular formula is C9H19NO. The third-order valence-corrected chi connectivity index (χ3v) is 2.87. The first-order valence-electron chi connectivity index (χ1n) is 4.57. The zero-order chi connectivity index (χ0) is 8.32. The van der Waals surface area contributed by atoms with Crippen molar-refractivity contribution in [2.75, 3.05) is 13.7 Å². The Morgan fingerprint density at radius 2 is 2.18 bits per heavy atom. The summed E-state index contributed by atoms with van der Waals surface area (Å²) in [4.78, 5) is 0. The van der Waals surface area contributed by atoms with E-state index < -0.39 is 0 Å². The monoisotopic (exact) mass is 157 g/mol. The summed E-state index contributed by atoms with van der Waals surface area (Å²) >= 11 is 0. The molecule has 0 bridgehead atoms. The minimum Gasteiger partial charge on any atom is -0.396 e. The molecule has 1 rings (SSSR count). The molecule has 0 aromatic rings. The Balaban J connectivity index is 2.40. The van der Waals surface area contributed by atoms with Gasteiger partial charge in [-0.05, 0) is 26.3 Å². The molecule has 1 saturated carbocycles. The molecule has 11 heavy (non-hydrogen) atoms. The van der Waals surface area contributed by atoms with Gasteiger partial charge in [-0.25, -0.2) is 0 Å². The van der Waals surface area contributed by atoms with Crippen LogP contribution < -0.4 is 5.32 Å². The molecule has 2 heteroatoms. The molecule has 0 amide bonds. The van der Waals surface area contributed by atoms with E-state index in [1.165, 1.54) is 25.7 Å². The van der Waals surface area contributed by atoms with Crippen molar-refractivity contribution in [1.82, 2.24) is 5.32 Å². The highest BCUT2D eigenvalue weighted by Crippen LogP contribution is 2.49. The van der Waals surface area contributed by atoms with Gasteiger partial charge in [0.25, 0.3) is 0 Å². The van der Waals surface area contributed by atoms with Crippen LogP contribution in [-0.2, 0) is 0 Å². The number of nitrogens with one attached hydrogen (secondary N) is 1. The van der Waals surface area contributed by atoms with E-state index in [0.717, 1.165) is 0 Å². The fourth-order valence-corrected chi connectivity index (χ4v) is 1.82. The van der Waals surface area contributed by atoms with Gasteiger partial charge in [-0.2, -0.15) is 0 Å². The lowest BCUT2D eigenvalue weighted by Gasteiger charge is -2.24. The van der Waals surface area contributed by atoms with Gasteiger partial charge in [0, 0.05) is 11.5 Å². The largest absolute Gasteiger partial charge is 0.396 e. The molecule has 1 fully saturated rings. The molecule has 0 aliphatic heterocycles. The van der Waals surface area contributed by atoms with Gasteiger partial charge in [0.15, 0.2) is 0 Å². The molecule has 0 radical (unpaired) electrons. The fourth-order valence-electron chi connectivity index (χ4n) is 1.82. The van der Waals surface area contributed by atoms with Gasteiger partial charge in [-0.1, -0.05) is 13.3 Å². The number of rotatable bonds is 5. The first-order chi connectivity index (χ1) is 5.29. The number of aliphatic hydroxyl groups excluding tert-OH is 1. The predicted octanol–water partition coefficient (Wildman–Crippen LogP) is 1.15. The normalized spacial score (nSPS) is 23.2. The van der Waals surface area contributed by atoms with Crippen LogP contribution in [-0.4, -0.2) is 24.8 Å². The maximum Gasteiger partial charge on any atom is 0.0502 e. The second kappa shape index (κ2) is 3.55. The maximum atomic E-state index is 9.14. The Bertz CT molecular complexity index is 121. The van der Waals surface area contributed by atoms with Gasteiger partial charge in [0.1, 0.15) is 0 Å². The lowest BCUT2D eigenvalue weighted by Crippen LogP contribution is -2.36. The standard InChI is InChI=1S/C9H19NO/c1-3-4-8(10-2)9(7-11)5-6-9/h8,10-11H,3-7H2,1-2H3. The summed E-state index contributed by atoms with van der Waals surface area (Å²) in [5.41, 5.74) is 0.255. The van der Waals surface area contributed by atoms with Crippen LogP contribution in [0.2, 0.25) is 0 Å². The average molecular weight is 157 g/mol. The summed E-state index contributed by atoms with van der Waals surface area (Å²) in [6, 6.07) is 0.539.